The average Bonchev–Trinajstić information content (AvgIpc) is 2.73. The van der Waals surface area contributed by atoms with E-state index in [4.69, 9.17) is 5.26 Å². The minimum atomic E-state index is 0.507. The van der Waals surface area contributed by atoms with E-state index in [9.17, 15) is 0 Å². The number of nitriles is 1. The van der Waals surface area contributed by atoms with Crippen LogP contribution in [0.5, 0.6) is 0 Å². The first kappa shape index (κ1) is 11.5. The lowest BCUT2D eigenvalue weighted by Gasteiger charge is -1.95. The van der Waals surface area contributed by atoms with Gasteiger partial charge in [-0.3, -0.25) is 0 Å². The van der Waals surface area contributed by atoms with Crippen LogP contribution in [0, 0.1) is 11.3 Å². The molecule has 0 bridgehead atoms. The van der Waals surface area contributed by atoms with Crippen LogP contribution in [0.4, 0.5) is 0 Å². The molecule has 2 heterocycles. The van der Waals surface area contributed by atoms with Crippen molar-refractivity contribution in [2.75, 3.05) is 6.26 Å². The van der Waals surface area contributed by atoms with E-state index in [0.29, 0.717) is 11.2 Å². The predicted octanol–water partition coefficient (Wildman–Crippen LogP) is 2.35. The van der Waals surface area contributed by atoms with Crippen molar-refractivity contribution in [2.45, 2.75) is 18.7 Å². The molecule has 2 rings (SSSR count). The van der Waals surface area contributed by atoms with Crippen LogP contribution in [0.3, 0.4) is 0 Å². The maximum Gasteiger partial charge on any atom is 0.172 e. The van der Waals surface area contributed by atoms with Crippen molar-refractivity contribution in [1.82, 2.24) is 14.6 Å². The Morgan fingerprint density at radius 1 is 1.40 bits per heavy atom. The summed E-state index contributed by atoms with van der Waals surface area (Å²) >= 11 is 1.59. The molecular weight excluding hydrogens is 208 g/mol. The van der Waals surface area contributed by atoms with Crippen LogP contribution in [-0.4, -0.2) is 20.9 Å². The fourth-order valence-electron chi connectivity index (χ4n) is 1.04. The summed E-state index contributed by atoms with van der Waals surface area (Å²) in [5.41, 5.74) is 1.12. The third kappa shape index (κ3) is 2.28. The van der Waals surface area contributed by atoms with Gasteiger partial charge in [-0.2, -0.15) is 10.4 Å². The summed E-state index contributed by atoms with van der Waals surface area (Å²) in [6, 6.07) is 2.03. The van der Waals surface area contributed by atoms with Crippen LogP contribution >= 0.6 is 11.8 Å². The van der Waals surface area contributed by atoms with Crippen molar-refractivity contribution in [3.63, 3.8) is 0 Å². The highest BCUT2D eigenvalue weighted by atomic mass is 32.2. The van der Waals surface area contributed by atoms with Crippen LogP contribution in [0.1, 0.15) is 19.4 Å². The second kappa shape index (κ2) is 5.37. The summed E-state index contributed by atoms with van der Waals surface area (Å²) in [6.45, 7) is 4.00. The van der Waals surface area contributed by atoms with Crippen molar-refractivity contribution >= 4 is 17.4 Å². The number of thioether (sulfide) groups is 1. The maximum absolute atomic E-state index is 8.70. The lowest BCUT2D eigenvalue weighted by molar-refractivity contribution is 0.913. The van der Waals surface area contributed by atoms with E-state index in [1.54, 1.807) is 22.5 Å². The van der Waals surface area contributed by atoms with Gasteiger partial charge in [-0.25, -0.2) is 9.50 Å². The molecule has 0 unspecified atom stereocenters. The summed E-state index contributed by atoms with van der Waals surface area (Å²) in [5.74, 6) is 0. The maximum atomic E-state index is 8.70. The first-order valence-electron chi connectivity index (χ1n) is 4.62. The lowest BCUT2D eigenvalue weighted by atomic mass is 10.4. The Bertz CT molecular complexity index is 484. The zero-order valence-corrected chi connectivity index (χ0v) is 9.75. The molecule has 78 valence electrons. The van der Waals surface area contributed by atoms with Crippen LogP contribution in [-0.2, 0) is 0 Å². The molecule has 0 N–H and O–H groups in total. The number of aromatic nitrogens is 3. The zero-order chi connectivity index (χ0) is 11.3. The highest BCUT2D eigenvalue weighted by Crippen LogP contribution is 2.14. The second-order valence-corrected chi connectivity index (χ2v) is 3.31. The van der Waals surface area contributed by atoms with Gasteiger partial charge in [0.25, 0.3) is 0 Å². The fraction of sp³-hybridized carbons (Fsp3) is 0.300. The van der Waals surface area contributed by atoms with Crippen molar-refractivity contribution in [3.8, 4) is 6.07 Å². The van der Waals surface area contributed by atoms with Crippen molar-refractivity contribution in [2.24, 2.45) is 0 Å². The Hall–Kier alpha value is -1.54. The minimum Gasteiger partial charge on any atom is -0.235 e. The largest absolute Gasteiger partial charge is 0.235 e. The van der Waals surface area contributed by atoms with Crippen LogP contribution in [0.25, 0.3) is 5.65 Å². The van der Waals surface area contributed by atoms with Crippen molar-refractivity contribution in [3.05, 3.63) is 24.2 Å². The zero-order valence-electron chi connectivity index (χ0n) is 8.93. The Kier molecular flexibility index (Phi) is 4.13. The smallest absolute Gasteiger partial charge is 0.172 e. The van der Waals surface area contributed by atoms with Crippen LogP contribution < -0.4 is 0 Å². The van der Waals surface area contributed by atoms with E-state index < -0.39 is 0 Å². The third-order valence-corrected chi connectivity index (χ3v) is 2.37. The Labute approximate surface area is 92.9 Å². The van der Waals surface area contributed by atoms with Crippen molar-refractivity contribution < 1.29 is 0 Å². The molecule has 0 radical (unpaired) electrons. The molecule has 0 aromatic carbocycles. The molecule has 2 aromatic heterocycles. The molecule has 0 aliphatic carbocycles. The number of hydrogen-bond donors (Lipinski definition) is 0. The standard InChI is InChI=1S/C8H6N4S.C2H6/c1-13-7-4-10-8-6(2-9)3-11-12(8)5-7;1-2/h3-5H,1H3;1-2H3. The molecule has 0 amide bonds. The van der Waals surface area contributed by atoms with Gasteiger partial charge in [-0.05, 0) is 6.26 Å². The molecule has 4 nitrogen and oxygen atoms in total. The molecule has 0 spiro atoms. The van der Waals surface area contributed by atoms with Gasteiger partial charge in [0.1, 0.15) is 11.6 Å². The summed E-state index contributed by atoms with van der Waals surface area (Å²) in [5, 5.41) is 12.7. The molecular formula is C10H12N4S. The van der Waals surface area contributed by atoms with E-state index in [1.807, 2.05) is 32.4 Å². The van der Waals surface area contributed by atoms with Gasteiger partial charge >= 0.3 is 0 Å². The SMILES string of the molecule is CC.CSc1cnc2c(C#N)cnn2c1. The fourth-order valence-corrected chi connectivity index (χ4v) is 1.41. The number of hydrogen-bond acceptors (Lipinski definition) is 4. The van der Waals surface area contributed by atoms with Gasteiger partial charge in [0.05, 0.1) is 6.20 Å². The summed E-state index contributed by atoms with van der Waals surface area (Å²) < 4.78 is 1.62. The van der Waals surface area contributed by atoms with Gasteiger partial charge < -0.3 is 0 Å². The minimum absolute atomic E-state index is 0.507. The summed E-state index contributed by atoms with van der Waals surface area (Å²) in [4.78, 5) is 5.17. The van der Waals surface area contributed by atoms with E-state index in [0.717, 1.165) is 4.90 Å². The van der Waals surface area contributed by atoms with Gasteiger partial charge in [0, 0.05) is 17.3 Å². The molecule has 0 aliphatic heterocycles. The van der Waals surface area contributed by atoms with Crippen LogP contribution in [0.15, 0.2) is 23.5 Å². The third-order valence-electron chi connectivity index (χ3n) is 1.69. The van der Waals surface area contributed by atoms with E-state index >= 15 is 0 Å². The average molecular weight is 220 g/mol. The van der Waals surface area contributed by atoms with Gasteiger partial charge in [-0.15, -0.1) is 11.8 Å². The Balaban J connectivity index is 0.000000531. The monoisotopic (exact) mass is 220 g/mol. The summed E-state index contributed by atoms with van der Waals surface area (Å²) in [6.07, 6.45) is 7.08. The van der Waals surface area contributed by atoms with Gasteiger partial charge in [0.15, 0.2) is 5.65 Å². The number of rotatable bonds is 1. The molecule has 0 atom stereocenters. The van der Waals surface area contributed by atoms with Crippen molar-refractivity contribution in [1.29, 1.82) is 5.26 Å². The molecule has 15 heavy (non-hydrogen) atoms. The normalized spacial score (nSPS) is 9.20. The first-order valence-corrected chi connectivity index (χ1v) is 5.85. The molecule has 0 saturated heterocycles. The Morgan fingerprint density at radius 3 is 2.73 bits per heavy atom. The lowest BCUT2D eigenvalue weighted by Crippen LogP contribution is -1.90. The summed E-state index contributed by atoms with van der Waals surface area (Å²) in [7, 11) is 0. The molecule has 0 saturated carbocycles. The van der Waals surface area contributed by atoms with E-state index in [-0.39, 0.29) is 0 Å². The molecule has 2 aromatic rings. The topological polar surface area (TPSA) is 54.0 Å². The predicted molar refractivity (Wildman–Crippen MR) is 60.8 cm³/mol. The molecule has 0 aliphatic rings. The quantitative estimate of drug-likeness (QED) is 0.692. The number of fused-ring (bicyclic) bond motifs is 1. The highest BCUT2D eigenvalue weighted by Gasteiger charge is 2.03. The number of nitrogens with zero attached hydrogens (tertiary/aromatic N) is 4. The Morgan fingerprint density at radius 2 is 2.13 bits per heavy atom. The highest BCUT2D eigenvalue weighted by molar-refractivity contribution is 7.98. The van der Waals surface area contributed by atoms with Crippen LogP contribution in [0.2, 0.25) is 0 Å². The van der Waals surface area contributed by atoms with E-state index in [2.05, 4.69) is 10.1 Å². The first-order chi connectivity index (χ1) is 7.35. The van der Waals surface area contributed by atoms with E-state index in [1.165, 1.54) is 6.20 Å². The van der Waals surface area contributed by atoms with Gasteiger partial charge in [0.2, 0.25) is 0 Å². The molecule has 0 fully saturated rings. The molecule has 5 heteroatoms. The second-order valence-electron chi connectivity index (χ2n) is 2.43. The van der Waals surface area contributed by atoms with Gasteiger partial charge in [-0.1, -0.05) is 13.8 Å².